The number of aryl methyl sites for hydroxylation is 3. The molecule has 0 saturated heterocycles. The van der Waals surface area contributed by atoms with E-state index in [1.54, 1.807) is 6.20 Å². The first kappa shape index (κ1) is 16.2. The molecule has 0 spiro atoms. The number of benzene rings is 2. The van der Waals surface area contributed by atoms with Crippen molar-refractivity contribution in [2.45, 2.75) is 20.8 Å². The number of nitrogens with one attached hydrogen (secondary N) is 2. The van der Waals surface area contributed by atoms with Crippen LogP contribution in [-0.4, -0.2) is 15.2 Å². The van der Waals surface area contributed by atoms with Crippen LogP contribution in [0.25, 0.3) is 0 Å². The van der Waals surface area contributed by atoms with Crippen molar-refractivity contribution >= 4 is 34.7 Å². The molecular formula is C18H18ClN5. The average molecular weight is 340 g/mol. The van der Waals surface area contributed by atoms with Gasteiger partial charge in [0.2, 0.25) is 5.95 Å². The van der Waals surface area contributed by atoms with E-state index in [-0.39, 0.29) is 0 Å². The minimum Gasteiger partial charge on any atom is -0.338 e. The number of halogens is 1. The maximum absolute atomic E-state index is 6.16. The zero-order chi connectivity index (χ0) is 17.1. The van der Waals surface area contributed by atoms with Crippen molar-refractivity contribution in [3.05, 3.63) is 64.3 Å². The van der Waals surface area contributed by atoms with Gasteiger partial charge in [-0.1, -0.05) is 41.4 Å². The fourth-order valence-corrected chi connectivity index (χ4v) is 2.79. The third-order valence-corrected chi connectivity index (χ3v) is 3.94. The van der Waals surface area contributed by atoms with E-state index in [9.17, 15) is 0 Å². The number of hydrogen-bond donors (Lipinski definition) is 2. The van der Waals surface area contributed by atoms with Gasteiger partial charge in [0.25, 0.3) is 0 Å². The van der Waals surface area contributed by atoms with Crippen LogP contribution in [0.15, 0.2) is 42.6 Å². The largest absolute Gasteiger partial charge is 0.338 e. The lowest BCUT2D eigenvalue weighted by Gasteiger charge is -2.13. The van der Waals surface area contributed by atoms with Gasteiger partial charge in [0.05, 0.1) is 16.9 Å². The summed E-state index contributed by atoms with van der Waals surface area (Å²) in [6.07, 6.45) is 1.56. The van der Waals surface area contributed by atoms with Gasteiger partial charge in [0, 0.05) is 5.69 Å². The highest BCUT2D eigenvalue weighted by atomic mass is 35.5. The van der Waals surface area contributed by atoms with Crippen LogP contribution in [0.2, 0.25) is 5.02 Å². The van der Waals surface area contributed by atoms with E-state index in [1.165, 1.54) is 5.56 Å². The Hall–Kier alpha value is -2.66. The molecule has 1 heterocycles. The molecule has 0 saturated carbocycles. The van der Waals surface area contributed by atoms with E-state index < -0.39 is 0 Å². The molecule has 2 aromatic carbocycles. The number of rotatable bonds is 4. The average Bonchev–Trinajstić information content (AvgIpc) is 2.53. The quantitative estimate of drug-likeness (QED) is 0.705. The molecule has 0 amide bonds. The summed E-state index contributed by atoms with van der Waals surface area (Å²) < 4.78 is 0. The lowest BCUT2D eigenvalue weighted by atomic mass is 10.1. The monoisotopic (exact) mass is 339 g/mol. The van der Waals surface area contributed by atoms with Gasteiger partial charge < -0.3 is 10.6 Å². The van der Waals surface area contributed by atoms with Crippen LogP contribution >= 0.6 is 11.6 Å². The number of aromatic nitrogens is 3. The summed E-state index contributed by atoms with van der Waals surface area (Å²) >= 11 is 6.16. The van der Waals surface area contributed by atoms with Crippen molar-refractivity contribution in [1.29, 1.82) is 0 Å². The molecule has 5 nitrogen and oxygen atoms in total. The molecule has 3 aromatic rings. The van der Waals surface area contributed by atoms with Crippen molar-refractivity contribution in [2.75, 3.05) is 10.6 Å². The van der Waals surface area contributed by atoms with Gasteiger partial charge in [-0.05, 0) is 44.0 Å². The van der Waals surface area contributed by atoms with Crippen molar-refractivity contribution in [1.82, 2.24) is 15.2 Å². The van der Waals surface area contributed by atoms with E-state index in [0.29, 0.717) is 16.8 Å². The van der Waals surface area contributed by atoms with Gasteiger partial charge in [-0.3, -0.25) is 0 Å². The lowest BCUT2D eigenvalue weighted by Crippen LogP contribution is -2.04. The summed E-state index contributed by atoms with van der Waals surface area (Å²) in [7, 11) is 0. The lowest BCUT2D eigenvalue weighted by molar-refractivity contribution is 0.981. The Labute approximate surface area is 146 Å². The van der Waals surface area contributed by atoms with Gasteiger partial charge >= 0.3 is 0 Å². The van der Waals surface area contributed by atoms with Gasteiger partial charge in [0.1, 0.15) is 0 Å². The molecule has 0 aliphatic rings. The highest BCUT2D eigenvalue weighted by Gasteiger charge is 2.08. The molecule has 24 heavy (non-hydrogen) atoms. The molecular weight excluding hydrogens is 322 g/mol. The molecule has 0 unspecified atom stereocenters. The summed E-state index contributed by atoms with van der Waals surface area (Å²) in [5, 5.41) is 15.1. The highest BCUT2D eigenvalue weighted by molar-refractivity contribution is 6.33. The van der Waals surface area contributed by atoms with E-state index in [1.807, 2.05) is 24.3 Å². The first-order valence-corrected chi connectivity index (χ1v) is 7.97. The fraction of sp³-hybridized carbons (Fsp3) is 0.167. The zero-order valence-corrected chi connectivity index (χ0v) is 14.5. The number of hydrogen-bond acceptors (Lipinski definition) is 5. The SMILES string of the molecule is Cc1cc(C)c(Nc2nncc(Nc3ccccc3Cl)n2)c(C)c1. The van der Waals surface area contributed by atoms with Gasteiger partial charge in [-0.2, -0.15) is 10.1 Å². The molecule has 122 valence electrons. The number of anilines is 4. The van der Waals surface area contributed by atoms with Gasteiger partial charge in [0.15, 0.2) is 5.82 Å². The van der Waals surface area contributed by atoms with Gasteiger partial charge in [-0.25, -0.2) is 0 Å². The maximum atomic E-state index is 6.16. The summed E-state index contributed by atoms with van der Waals surface area (Å²) in [4.78, 5) is 4.45. The third kappa shape index (κ3) is 3.63. The first-order chi connectivity index (χ1) is 11.5. The minimum absolute atomic E-state index is 0.433. The normalized spacial score (nSPS) is 10.5. The highest BCUT2D eigenvalue weighted by Crippen LogP contribution is 2.26. The molecule has 0 atom stereocenters. The van der Waals surface area contributed by atoms with Crippen LogP contribution in [0.5, 0.6) is 0 Å². The van der Waals surface area contributed by atoms with E-state index in [2.05, 4.69) is 58.7 Å². The molecule has 6 heteroatoms. The van der Waals surface area contributed by atoms with Gasteiger partial charge in [-0.15, -0.1) is 5.10 Å². The second kappa shape index (κ2) is 6.84. The third-order valence-electron chi connectivity index (χ3n) is 3.61. The molecule has 0 bridgehead atoms. The van der Waals surface area contributed by atoms with Crippen LogP contribution < -0.4 is 10.6 Å². The van der Waals surface area contributed by atoms with Crippen LogP contribution in [-0.2, 0) is 0 Å². The molecule has 0 aliphatic carbocycles. The predicted molar refractivity (Wildman–Crippen MR) is 98.5 cm³/mol. The predicted octanol–water partition coefficient (Wildman–Crippen LogP) is 4.94. The zero-order valence-electron chi connectivity index (χ0n) is 13.8. The smallest absolute Gasteiger partial charge is 0.249 e. The van der Waals surface area contributed by atoms with Crippen molar-refractivity contribution in [3.8, 4) is 0 Å². The van der Waals surface area contributed by atoms with Crippen LogP contribution in [0.3, 0.4) is 0 Å². The Morgan fingerprint density at radius 2 is 1.67 bits per heavy atom. The van der Waals surface area contributed by atoms with E-state index in [0.717, 1.165) is 22.5 Å². The van der Waals surface area contributed by atoms with Crippen LogP contribution in [0.4, 0.5) is 23.1 Å². The first-order valence-electron chi connectivity index (χ1n) is 7.59. The number of para-hydroxylation sites is 1. The van der Waals surface area contributed by atoms with E-state index >= 15 is 0 Å². The van der Waals surface area contributed by atoms with Crippen LogP contribution in [0.1, 0.15) is 16.7 Å². The standard InChI is InChI=1S/C18H18ClN5/c1-11-8-12(2)17(13(3)9-11)23-18-22-16(10-20-24-18)21-15-7-5-4-6-14(15)19/h4-10H,1-3H3,(H2,21,22,23,24). The Morgan fingerprint density at radius 1 is 0.958 bits per heavy atom. The van der Waals surface area contributed by atoms with Crippen LogP contribution in [0, 0.1) is 20.8 Å². The van der Waals surface area contributed by atoms with E-state index in [4.69, 9.17) is 11.6 Å². The second-order valence-electron chi connectivity index (χ2n) is 5.67. The summed E-state index contributed by atoms with van der Waals surface area (Å²) in [6, 6.07) is 11.7. The second-order valence-corrected chi connectivity index (χ2v) is 6.08. The Bertz CT molecular complexity index is 856. The van der Waals surface area contributed by atoms with Crippen molar-refractivity contribution < 1.29 is 0 Å². The van der Waals surface area contributed by atoms with Crippen molar-refractivity contribution in [2.24, 2.45) is 0 Å². The maximum Gasteiger partial charge on any atom is 0.249 e. The minimum atomic E-state index is 0.433. The topological polar surface area (TPSA) is 62.7 Å². The Balaban J connectivity index is 1.85. The fourth-order valence-electron chi connectivity index (χ4n) is 2.61. The Morgan fingerprint density at radius 3 is 2.38 bits per heavy atom. The molecule has 0 aliphatic heterocycles. The molecule has 3 rings (SSSR count). The molecule has 0 radical (unpaired) electrons. The summed E-state index contributed by atoms with van der Waals surface area (Å²) in [5.41, 5.74) is 5.27. The molecule has 1 aromatic heterocycles. The molecule has 0 fully saturated rings. The Kier molecular flexibility index (Phi) is 4.62. The number of nitrogens with zero attached hydrogens (tertiary/aromatic N) is 3. The summed E-state index contributed by atoms with van der Waals surface area (Å²) in [5.74, 6) is 1.00. The molecule has 2 N–H and O–H groups in total. The summed E-state index contributed by atoms with van der Waals surface area (Å²) in [6.45, 7) is 6.19. The van der Waals surface area contributed by atoms with Crippen molar-refractivity contribution in [3.63, 3.8) is 0 Å².